The predicted molar refractivity (Wildman–Crippen MR) is 79.6 cm³/mol. The van der Waals surface area contributed by atoms with E-state index in [-0.39, 0.29) is 5.78 Å². The van der Waals surface area contributed by atoms with E-state index in [2.05, 4.69) is 11.9 Å². The number of allylic oxidation sites excluding steroid dienone is 1. The number of Topliss-reactive ketones (excluding diaryl/α,β-unsaturated/α-hetero) is 1. The second kappa shape index (κ2) is 6.91. The highest BCUT2D eigenvalue weighted by Gasteiger charge is 2.38. The lowest BCUT2D eigenvalue weighted by Gasteiger charge is -2.31. The summed E-state index contributed by atoms with van der Waals surface area (Å²) in [7, 11) is 0. The van der Waals surface area contributed by atoms with E-state index in [1.165, 1.54) is 0 Å². The molecule has 0 unspecified atom stereocenters. The van der Waals surface area contributed by atoms with Crippen LogP contribution in [0.1, 0.15) is 59.3 Å². The monoisotopic (exact) mass is 281 g/mol. The molecule has 4 heteroatoms. The summed E-state index contributed by atoms with van der Waals surface area (Å²) in [5.74, 6) is 0.242. The van der Waals surface area contributed by atoms with Gasteiger partial charge in [-0.1, -0.05) is 18.9 Å². The van der Waals surface area contributed by atoms with E-state index in [9.17, 15) is 9.59 Å². The van der Waals surface area contributed by atoms with E-state index in [4.69, 9.17) is 4.74 Å². The van der Waals surface area contributed by atoms with Crippen LogP contribution < -0.4 is 5.32 Å². The van der Waals surface area contributed by atoms with Crippen LogP contribution in [0.5, 0.6) is 0 Å². The molecule has 20 heavy (non-hydrogen) atoms. The Morgan fingerprint density at radius 2 is 2.10 bits per heavy atom. The molecule has 0 aromatic carbocycles. The van der Waals surface area contributed by atoms with Gasteiger partial charge in [0.2, 0.25) is 0 Å². The normalized spacial score (nSPS) is 23.9. The summed E-state index contributed by atoms with van der Waals surface area (Å²) in [6.07, 6.45) is 6.40. The molecule has 1 N–H and O–H groups in total. The summed E-state index contributed by atoms with van der Waals surface area (Å²) < 4.78 is 5.23. The maximum atomic E-state index is 12.4. The molecule has 0 aromatic heterocycles. The largest absolute Gasteiger partial charge is 0.444 e. The van der Waals surface area contributed by atoms with Crippen molar-refractivity contribution in [3.05, 3.63) is 12.7 Å². The molecule has 0 heterocycles. The number of hydrogen-bond acceptors (Lipinski definition) is 3. The Morgan fingerprint density at radius 3 is 2.70 bits per heavy atom. The van der Waals surface area contributed by atoms with Gasteiger partial charge >= 0.3 is 6.09 Å². The molecule has 0 spiro atoms. The smallest absolute Gasteiger partial charge is 0.407 e. The van der Waals surface area contributed by atoms with Gasteiger partial charge in [-0.05, 0) is 40.0 Å². The van der Waals surface area contributed by atoms with Gasteiger partial charge in [0.1, 0.15) is 11.4 Å². The lowest BCUT2D eigenvalue weighted by molar-refractivity contribution is -0.128. The molecule has 1 aliphatic carbocycles. The van der Waals surface area contributed by atoms with E-state index < -0.39 is 17.1 Å². The highest BCUT2D eigenvalue weighted by molar-refractivity contribution is 5.86. The summed E-state index contributed by atoms with van der Waals surface area (Å²) in [5.41, 5.74) is -1.02. The van der Waals surface area contributed by atoms with Crippen molar-refractivity contribution >= 4 is 11.9 Å². The van der Waals surface area contributed by atoms with E-state index in [0.29, 0.717) is 19.4 Å². The predicted octanol–water partition coefficient (Wildman–Crippen LogP) is 3.61. The number of hydrogen-bond donors (Lipinski definition) is 1. The molecule has 0 bridgehead atoms. The van der Waals surface area contributed by atoms with Crippen LogP contribution in [0.2, 0.25) is 0 Å². The number of carbonyl (C=O) groups excluding carboxylic acids is 2. The maximum Gasteiger partial charge on any atom is 0.407 e. The summed E-state index contributed by atoms with van der Waals surface area (Å²) in [5, 5.41) is 2.76. The lowest BCUT2D eigenvalue weighted by Crippen LogP contribution is -2.44. The number of nitrogens with one attached hydrogen (secondary N) is 1. The fraction of sp³-hybridized carbons (Fsp3) is 0.750. The molecule has 1 amide bonds. The fourth-order valence-electron chi connectivity index (χ4n) is 2.64. The zero-order valence-corrected chi connectivity index (χ0v) is 13.0. The molecule has 0 aromatic rings. The van der Waals surface area contributed by atoms with Gasteiger partial charge in [0.25, 0.3) is 0 Å². The lowest BCUT2D eigenvalue weighted by atomic mass is 9.76. The molecular weight excluding hydrogens is 254 g/mol. The first kappa shape index (κ1) is 16.7. The van der Waals surface area contributed by atoms with Crippen molar-refractivity contribution in [3.8, 4) is 0 Å². The van der Waals surface area contributed by atoms with Crippen LogP contribution in [0.4, 0.5) is 4.79 Å². The molecule has 1 saturated carbocycles. The molecule has 0 saturated heterocycles. The van der Waals surface area contributed by atoms with Gasteiger partial charge in [-0.3, -0.25) is 4.79 Å². The maximum absolute atomic E-state index is 12.4. The third-order valence-corrected chi connectivity index (χ3v) is 3.66. The minimum atomic E-state index is -0.525. The zero-order chi connectivity index (χ0) is 15.2. The van der Waals surface area contributed by atoms with Crippen LogP contribution in [0.15, 0.2) is 12.7 Å². The standard InChI is InChI=1S/C16H27NO3/c1-5-10-16(11-8-6-7-9-13(16)18)12-17-14(19)20-15(2,3)4/h5H,1,6-12H2,2-4H3,(H,17,19)/t16-/m1/s1. The van der Waals surface area contributed by atoms with Crippen LogP contribution in [0.3, 0.4) is 0 Å². The number of carbonyl (C=O) groups is 2. The molecule has 1 rings (SSSR count). The molecule has 114 valence electrons. The van der Waals surface area contributed by atoms with Crippen LogP contribution in [-0.2, 0) is 9.53 Å². The van der Waals surface area contributed by atoms with Crippen LogP contribution >= 0.6 is 0 Å². The average Bonchev–Trinajstić information content (AvgIpc) is 2.49. The number of ether oxygens (including phenoxy) is 1. The topological polar surface area (TPSA) is 55.4 Å². The van der Waals surface area contributed by atoms with Gasteiger partial charge in [-0.15, -0.1) is 6.58 Å². The third kappa shape index (κ3) is 4.99. The minimum Gasteiger partial charge on any atom is -0.444 e. The van der Waals surface area contributed by atoms with Crippen molar-refractivity contribution < 1.29 is 14.3 Å². The zero-order valence-electron chi connectivity index (χ0n) is 13.0. The van der Waals surface area contributed by atoms with Gasteiger partial charge in [-0.25, -0.2) is 4.79 Å². The molecule has 4 nitrogen and oxygen atoms in total. The van der Waals surface area contributed by atoms with Crippen LogP contribution in [-0.4, -0.2) is 24.0 Å². The summed E-state index contributed by atoms with van der Waals surface area (Å²) in [4.78, 5) is 24.2. The van der Waals surface area contributed by atoms with Crippen LogP contribution in [0, 0.1) is 5.41 Å². The molecule has 0 aliphatic heterocycles. The third-order valence-electron chi connectivity index (χ3n) is 3.66. The Morgan fingerprint density at radius 1 is 1.40 bits per heavy atom. The van der Waals surface area contributed by atoms with E-state index in [0.717, 1.165) is 25.7 Å². The van der Waals surface area contributed by atoms with Gasteiger partial charge < -0.3 is 10.1 Å². The van der Waals surface area contributed by atoms with Gasteiger partial charge in [0, 0.05) is 18.4 Å². The number of amides is 1. The van der Waals surface area contributed by atoms with Crippen molar-refractivity contribution in [2.45, 2.75) is 64.9 Å². The van der Waals surface area contributed by atoms with E-state index in [1.54, 1.807) is 6.08 Å². The Balaban J connectivity index is 2.68. The first-order chi connectivity index (χ1) is 9.29. The second-order valence-corrected chi connectivity index (χ2v) is 6.61. The summed E-state index contributed by atoms with van der Waals surface area (Å²) in [6.45, 7) is 9.56. The van der Waals surface area contributed by atoms with Gasteiger partial charge in [0.15, 0.2) is 0 Å². The Hall–Kier alpha value is -1.32. The first-order valence-corrected chi connectivity index (χ1v) is 7.40. The summed E-state index contributed by atoms with van der Waals surface area (Å²) >= 11 is 0. The number of alkyl carbamates (subject to hydrolysis) is 1. The van der Waals surface area contributed by atoms with Crippen molar-refractivity contribution in [1.29, 1.82) is 0 Å². The second-order valence-electron chi connectivity index (χ2n) is 6.61. The Kier molecular flexibility index (Phi) is 5.78. The van der Waals surface area contributed by atoms with E-state index in [1.807, 2.05) is 20.8 Å². The highest BCUT2D eigenvalue weighted by Crippen LogP contribution is 2.35. The molecule has 1 atom stereocenters. The average molecular weight is 281 g/mol. The van der Waals surface area contributed by atoms with Gasteiger partial charge in [0.05, 0.1) is 0 Å². The fourth-order valence-corrected chi connectivity index (χ4v) is 2.64. The van der Waals surface area contributed by atoms with Crippen molar-refractivity contribution in [1.82, 2.24) is 5.32 Å². The SMILES string of the molecule is C=CC[C@]1(CNC(=O)OC(C)(C)C)CCCCCC1=O. The quantitative estimate of drug-likeness (QED) is 0.632. The highest BCUT2D eigenvalue weighted by atomic mass is 16.6. The summed E-state index contributed by atoms with van der Waals surface area (Å²) in [6, 6.07) is 0. The van der Waals surface area contributed by atoms with Crippen molar-refractivity contribution in [2.75, 3.05) is 6.54 Å². The van der Waals surface area contributed by atoms with Crippen molar-refractivity contribution in [3.63, 3.8) is 0 Å². The molecular formula is C16H27NO3. The Bertz CT molecular complexity index is 370. The first-order valence-electron chi connectivity index (χ1n) is 7.40. The molecule has 1 aliphatic rings. The minimum absolute atomic E-state index is 0.242. The molecule has 0 radical (unpaired) electrons. The number of rotatable bonds is 4. The Labute approximate surface area is 122 Å². The van der Waals surface area contributed by atoms with E-state index >= 15 is 0 Å². The van der Waals surface area contributed by atoms with Crippen molar-refractivity contribution in [2.24, 2.45) is 5.41 Å². The number of ketones is 1. The van der Waals surface area contributed by atoms with Crippen LogP contribution in [0.25, 0.3) is 0 Å². The van der Waals surface area contributed by atoms with Gasteiger partial charge in [-0.2, -0.15) is 0 Å². The molecule has 1 fully saturated rings.